The summed E-state index contributed by atoms with van der Waals surface area (Å²) in [6.45, 7) is 2.38. The minimum Gasteiger partial charge on any atom is -0.374 e. The van der Waals surface area contributed by atoms with E-state index in [4.69, 9.17) is 0 Å². The quantitative estimate of drug-likeness (QED) is 0.412. The number of fused-ring (bicyclic) bond motifs is 1. The highest BCUT2D eigenvalue weighted by molar-refractivity contribution is 14.1. The van der Waals surface area contributed by atoms with Crippen LogP contribution in [-0.2, 0) is 16.4 Å². The van der Waals surface area contributed by atoms with E-state index < -0.39 is 16.3 Å². The van der Waals surface area contributed by atoms with E-state index in [1.54, 1.807) is 20.0 Å². The maximum absolute atomic E-state index is 12.5. The summed E-state index contributed by atoms with van der Waals surface area (Å²) in [6, 6.07) is 3.49. The molecule has 0 aromatic heterocycles. The van der Waals surface area contributed by atoms with Gasteiger partial charge in [-0.1, -0.05) is 22.6 Å². The molecule has 0 fully saturated rings. The first-order chi connectivity index (χ1) is 9.28. The van der Waals surface area contributed by atoms with Crippen molar-refractivity contribution in [3.8, 4) is 0 Å². The van der Waals surface area contributed by atoms with Crippen LogP contribution < -0.4 is 4.90 Å². The molecule has 2 rings (SSSR count). The molecule has 1 heterocycles. The molecule has 1 atom stereocenters. The number of hydrogen-bond donors (Lipinski definition) is 1. The first-order valence-electron chi connectivity index (χ1n) is 6.08. The molecule has 1 aromatic carbocycles. The summed E-state index contributed by atoms with van der Waals surface area (Å²) in [5.41, 5.74) is 1.84. The van der Waals surface area contributed by atoms with Gasteiger partial charge in [-0.2, -0.15) is 4.31 Å². The fourth-order valence-corrected chi connectivity index (χ4v) is 5.37. The lowest BCUT2D eigenvalue weighted by atomic mass is 10.2. The number of aliphatic hydroxyl groups excluding tert-OH is 1. The third-order valence-corrected chi connectivity index (χ3v) is 7.62. The third kappa shape index (κ3) is 2.85. The Morgan fingerprint density at radius 2 is 2.20 bits per heavy atom. The number of nitrogens with zero attached hydrogens (tertiary/aromatic N) is 2. The summed E-state index contributed by atoms with van der Waals surface area (Å²) >= 11 is 5.36. The molecule has 1 aromatic rings. The third-order valence-electron chi connectivity index (χ3n) is 3.37. The van der Waals surface area contributed by atoms with Gasteiger partial charge in [0.25, 0.3) is 0 Å². The van der Waals surface area contributed by atoms with Crippen molar-refractivity contribution in [2.75, 3.05) is 23.0 Å². The average Bonchev–Trinajstić information content (AvgIpc) is 2.79. The van der Waals surface area contributed by atoms with Gasteiger partial charge in [0.1, 0.15) is 6.23 Å². The van der Waals surface area contributed by atoms with Gasteiger partial charge in [-0.3, -0.25) is 0 Å². The molecule has 0 bridgehead atoms. The Hall–Kier alpha value is 0.1000. The standard InChI is InChI=1S/C12H16BrIN2O3S/c1-8(17)16-4-3-9-5-10(13)12(6-11(9)16)20(18,19)15(2)7-14/h5-6,8,17H,3-4,7H2,1-2H3. The van der Waals surface area contributed by atoms with E-state index in [1.807, 2.05) is 33.6 Å². The largest absolute Gasteiger partial charge is 0.374 e. The molecule has 0 aliphatic carbocycles. The summed E-state index contributed by atoms with van der Waals surface area (Å²) in [5.74, 6) is 0. The van der Waals surface area contributed by atoms with Crippen molar-refractivity contribution in [1.82, 2.24) is 4.31 Å². The van der Waals surface area contributed by atoms with Crippen molar-refractivity contribution in [1.29, 1.82) is 0 Å². The predicted octanol–water partition coefficient (Wildman–Crippen LogP) is 2.16. The van der Waals surface area contributed by atoms with Gasteiger partial charge in [0.15, 0.2) is 0 Å². The molecule has 0 radical (unpaired) electrons. The molecule has 5 nitrogen and oxygen atoms in total. The van der Waals surface area contributed by atoms with Crippen molar-refractivity contribution in [3.05, 3.63) is 22.2 Å². The summed E-state index contributed by atoms with van der Waals surface area (Å²) in [4.78, 5) is 2.05. The number of benzene rings is 1. The monoisotopic (exact) mass is 474 g/mol. The molecule has 0 spiro atoms. The number of sulfonamides is 1. The Labute approximate surface area is 141 Å². The second-order valence-corrected chi connectivity index (χ2v) is 8.26. The second-order valence-electron chi connectivity index (χ2n) is 4.71. The van der Waals surface area contributed by atoms with Crippen LogP contribution in [0, 0.1) is 0 Å². The first kappa shape index (κ1) is 16.5. The molecule has 0 saturated heterocycles. The molecular weight excluding hydrogens is 459 g/mol. The molecule has 1 aliphatic heterocycles. The predicted molar refractivity (Wildman–Crippen MR) is 90.7 cm³/mol. The summed E-state index contributed by atoms with van der Waals surface area (Å²) in [7, 11) is -1.97. The smallest absolute Gasteiger partial charge is 0.244 e. The Kier molecular flexibility index (Phi) is 5.00. The fraction of sp³-hybridized carbons (Fsp3) is 0.500. The van der Waals surface area contributed by atoms with E-state index in [-0.39, 0.29) is 4.90 Å². The van der Waals surface area contributed by atoms with Crippen molar-refractivity contribution in [2.24, 2.45) is 0 Å². The molecule has 0 amide bonds. The van der Waals surface area contributed by atoms with Gasteiger partial charge < -0.3 is 10.0 Å². The highest BCUT2D eigenvalue weighted by atomic mass is 127. The van der Waals surface area contributed by atoms with Crippen LogP contribution in [0.1, 0.15) is 12.5 Å². The number of alkyl halides is 1. The van der Waals surface area contributed by atoms with Crippen LogP contribution in [-0.4, -0.2) is 42.2 Å². The van der Waals surface area contributed by atoms with Crippen LogP contribution >= 0.6 is 38.5 Å². The van der Waals surface area contributed by atoms with Crippen molar-refractivity contribution in [3.63, 3.8) is 0 Å². The minimum absolute atomic E-state index is 0.239. The summed E-state index contributed by atoms with van der Waals surface area (Å²) in [6.07, 6.45) is 0.177. The summed E-state index contributed by atoms with van der Waals surface area (Å²) in [5, 5.41) is 9.77. The SMILES string of the molecule is CC(O)N1CCc2cc(Br)c(S(=O)(=O)N(C)CI)cc21. The molecular formula is C12H16BrIN2O3S. The fourth-order valence-electron chi connectivity index (χ4n) is 2.23. The zero-order valence-corrected chi connectivity index (χ0v) is 15.7. The van der Waals surface area contributed by atoms with Crippen LogP contribution in [0.15, 0.2) is 21.5 Å². The van der Waals surface area contributed by atoms with E-state index >= 15 is 0 Å². The number of hydrogen-bond acceptors (Lipinski definition) is 4. The van der Waals surface area contributed by atoms with Gasteiger partial charge >= 0.3 is 0 Å². The molecule has 1 unspecified atom stereocenters. The molecule has 0 saturated carbocycles. The van der Waals surface area contributed by atoms with Gasteiger partial charge in [-0.25, -0.2) is 8.42 Å². The summed E-state index contributed by atoms with van der Waals surface area (Å²) < 4.78 is 27.2. The van der Waals surface area contributed by atoms with Crippen LogP contribution in [0.25, 0.3) is 0 Å². The second kappa shape index (κ2) is 6.07. The van der Waals surface area contributed by atoms with Crippen LogP contribution in [0.5, 0.6) is 0 Å². The van der Waals surface area contributed by atoms with Gasteiger partial charge in [0.2, 0.25) is 10.0 Å². The van der Waals surface area contributed by atoms with E-state index in [2.05, 4.69) is 15.9 Å². The van der Waals surface area contributed by atoms with E-state index in [9.17, 15) is 13.5 Å². The Balaban J connectivity index is 2.55. The Morgan fingerprint density at radius 1 is 1.55 bits per heavy atom. The van der Waals surface area contributed by atoms with Crippen LogP contribution in [0.4, 0.5) is 5.69 Å². The topological polar surface area (TPSA) is 60.9 Å². The normalized spacial score (nSPS) is 16.6. The van der Waals surface area contributed by atoms with Crippen LogP contribution in [0.3, 0.4) is 0 Å². The Bertz CT molecular complexity index is 621. The van der Waals surface area contributed by atoms with Crippen molar-refractivity contribution < 1.29 is 13.5 Å². The van der Waals surface area contributed by atoms with Crippen molar-refractivity contribution >= 4 is 54.2 Å². The van der Waals surface area contributed by atoms with Gasteiger partial charge in [0.05, 0.1) is 9.45 Å². The van der Waals surface area contributed by atoms with E-state index in [0.717, 1.165) is 17.7 Å². The van der Waals surface area contributed by atoms with Crippen LogP contribution in [0.2, 0.25) is 0 Å². The van der Waals surface area contributed by atoms with Gasteiger partial charge in [-0.15, -0.1) is 0 Å². The maximum Gasteiger partial charge on any atom is 0.244 e. The lowest BCUT2D eigenvalue weighted by Crippen LogP contribution is -2.31. The molecule has 1 N–H and O–H groups in total. The van der Waals surface area contributed by atoms with E-state index in [1.165, 1.54) is 4.31 Å². The highest BCUT2D eigenvalue weighted by Gasteiger charge is 2.29. The zero-order valence-electron chi connectivity index (χ0n) is 11.2. The van der Waals surface area contributed by atoms with Gasteiger partial charge in [-0.05, 0) is 47.0 Å². The van der Waals surface area contributed by atoms with Gasteiger partial charge in [0, 0.05) is 23.8 Å². The molecule has 1 aliphatic rings. The van der Waals surface area contributed by atoms with E-state index in [0.29, 0.717) is 15.6 Å². The zero-order chi connectivity index (χ0) is 15.1. The molecule has 112 valence electrons. The molecule has 8 heteroatoms. The highest BCUT2D eigenvalue weighted by Crippen LogP contribution is 2.36. The number of halogens is 2. The van der Waals surface area contributed by atoms with Crippen molar-refractivity contribution in [2.45, 2.75) is 24.5 Å². The minimum atomic E-state index is -3.52. The number of anilines is 1. The molecule has 20 heavy (non-hydrogen) atoms. The average molecular weight is 475 g/mol. The lowest BCUT2D eigenvalue weighted by molar-refractivity contribution is 0.191. The Morgan fingerprint density at radius 3 is 2.75 bits per heavy atom. The lowest BCUT2D eigenvalue weighted by Gasteiger charge is -2.24. The number of rotatable bonds is 4. The first-order valence-corrected chi connectivity index (χ1v) is 9.84. The maximum atomic E-state index is 12.5. The number of aliphatic hydroxyl groups is 1.